The van der Waals surface area contributed by atoms with Gasteiger partial charge in [0, 0.05) is 58.6 Å². The summed E-state index contributed by atoms with van der Waals surface area (Å²) in [5, 5.41) is 14.8. The van der Waals surface area contributed by atoms with Gasteiger partial charge in [-0.25, -0.2) is 0 Å². The van der Waals surface area contributed by atoms with E-state index in [0.29, 0.717) is 46.2 Å². The van der Waals surface area contributed by atoms with Gasteiger partial charge in [-0.3, -0.25) is 24.6 Å². The Morgan fingerprint density at radius 1 is 1.12 bits per heavy atom. The SMILES string of the molecule is O=C(CN1CCN(C(=O)c2sc3cc([N+](=O)[O-])ccc3c2Cl)CC1)Nc1ccc(Br)cc1. The summed E-state index contributed by atoms with van der Waals surface area (Å²) in [5.41, 5.74) is 0.691. The highest BCUT2D eigenvalue weighted by Gasteiger charge is 2.27. The molecule has 2 aromatic carbocycles. The summed E-state index contributed by atoms with van der Waals surface area (Å²) in [6, 6.07) is 11.8. The van der Waals surface area contributed by atoms with Crippen molar-refractivity contribution in [2.45, 2.75) is 0 Å². The highest BCUT2D eigenvalue weighted by atomic mass is 79.9. The minimum atomic E-state index is -0.472. The Bertz CT molecular complexity index is 1190. The number of nitrogens with one attached hydrogen (secondary N) is 1. The molecule has 0 spiro atoms. The molecule has 0 bridgehead atoms. The number of thiophene rings is 1. The van der Waals surface area contributed by atoms with Crippen molar-refractivity contribution in [3.8, 4) is 0 Å². The lowest BCUT2D eigenvalue weighted by atomic mass is 10.2. The van der Waals surface area contributed by atoms with E-state index in [1.54, 1.807) is 11.0 Å². The molecule has 4 rings (SSSR count). The first-order valence-corrected chi connectivity index (χ1v) is 11.7. The average molecular weight is 538 g/mol. The van der Waals surface area contributed by atoms with Gasteiger partial charge < -0.3 is 10.2 Å². The third-order valence-corrected chi connectivity index (χ3v) is 7.35. The minimum Gasteiger partial charge on any atom is -0.335 e. The molecular formula is C21H18BrClN4O4S. The van der Waals surface area contributed by atoms with Crippen LogP contribution in [0, 0.1) is 10.1 Å². The molecule has 2 heterocycles. The number of benzene rings is 2. The van der Waals surface area contributed by atoms with Gasteiger partial charge in [-0.2, -0.15) is 0 Å². The van der Waals surface area contributed by atoms with Crippen molar-refractivity contribution in [1.29, 1.82) is 0 Å². The smallest absolute Gasteiger partial charge is 0.270 e. The quantitative estimate of drug-likeness (QED) is 0.378. The minimum absolute atomic E-state index is 0.0376. The summed E-state index contributed by atoms with van der Waals surface area (Å²) in [6.07, 6.45) is 0. The standard InChI is InChI=1S/C21H18BrClN4O4S/c22-13-1-3-14(4-2-13)24-18(28)12-25-7-9-26(10-8-25)21(29)20-19(23)16-6-5-15(27(30)31)11-17(16)32-20/h1-6,11H,7-10,12H2,(H,24,28). The zero-order valence-electron chi connectivity index (χ0n) is 16.7. The number of anilines is 1. The number of hydrogen-bond acceptors (Lipinski definition) is 6. The Morgan fingerprint density at radius 3 is 2.47 bits per heavy atom. The van der Waals surface area contributed by atoms with E-state index >= 15 is 0 Å². The second-order valence-electron chi connectivity index (χ2n) is 7.31. The van der Waals surface area contributed by atoms with E-state index in [2.05, 4.69) is 21.2 Å². The normalized spacial score (nSPS) is 14.5. The number of carbonyl (C=O) groups is 2. The maximum absolute atomic E-state index is 13.0. The van der Waals surface area contributed by atoms with E-state index in [1.807, 2.05) is 29.2 Å². The number of halogens is 2. The first-order valence-electron chi connectivity index (χ1n) is 9.75. The van der Waals surface area contributed by atoms with E-state index < -0.39 is 4.92 Å². The van der Waals surface area contributed by atoms with Crippen LogP contribution in [0.1, 0.15) is 9.67 Å². The lowest BCUT2D eigenvalue weighted by Gasteiger charge is -2.34. The van der Waals surface area contributed by atoms with Gasteiger partial charge in [0.2, 0.25) is 5.91 Å². The molecule has 3 aromatic rings. The lowest BCUT2D eigenvalue weighted by molar-refractivity contribution is -0.384. The molecule has 32 heavy (non-hydrogen) atoms. The van der Waals surface area contributed by atoms with Crippen LogP contribution < -0.4 is 5.32 Å². The summed E-state index contributed by atoms with van der Waals surface area (Å²) in [5.74, 6) is -0.306. The van der Waals surface area contributed by atoms with Gasteiger partial charge in [0.05, 0.1) is 16.5 Å². The molecule has 1 aromatic heterocycles. The molecule has 0 radical (unpaired) electrons. The summed E-state index contributed by atoms with van der Waals surface area (Å²) in [6.45, 7) is 2.30. The van der Waals surface area contributed by atoms with Crippen LogP contribution in [0.4, 0.5) is 11.4 Å². The van der Waals surface area contributed by atoms with E-state index in [-0.39, 0.29) is 24.0 Å². The number of rotatable bonds is 5. The fourth-order valence-corrected chi connectivity index (χ4v) is 5.27. The number of piperazine rings is 1. The van der Waals surface area contributed by atoms with Crippen molar-refractivity contribution in [3.05, 3.63) is 67.0 Å². The van der Waals surface area contributed by atoms with Gasteiger partial charge in [0.25, 0.3) is 11.6 Å². The first kappa shape index (κ1) is 22.7. The van der Waals surface area contributed by atoms with Crippen LogP contribution in [0.15, 0.2) is 46.9 Å². The van der Waals surface area contributed by atoms with Gasteiger partial charge in [0.15, 0.2) is 0 Å². The molecule has 2 amide bonds. The van der Waals surface area contributed by atoms with Crippen molar-refractivity contribution in [2.75, 3.05) is 38.0 Å². The first-order chi connectivity index (χ1) is 15.3. The molecule has 1 N–H and O–H groups in total. The Hall–Kier alpha value is -2.53. The van der Waals surface area contributed by atoms with Crippen molar-refractivity contribution in [2.24, 2.45) is 0 Å². The molecule has 1 aliphatic rings. The lowest BCUT2D eigenvalue weighted by Crippen LogP contribution is -2.50. The Morgan fingerprint density at radius 2 is 1.81 bits per heavy atom. The number of non-ortho nitro benzene ring substituents is 1. The van der Waals surface area contributed by atoms with Crippen LogP contribution in [-0.4, -0.2) is 59.3 Å². The van der Waals surface area contributed by atoms with Crippen molar-refractivity contribution >= 4 is 72.1 Å². The van der Waals surface area contributed by atoms with Gasteiger partial charge in [-0.05, 0) is 30.3 Å². The number of nitro groups is 1. The van der Waals surface area contributed by atoms with Crippen LogP contribution in [0.3, 0.4) is 0 Å². The maximum Gasteiger partial charge on any atom is 0.270 e. The molecule has 11 heteroatoms. The predicted octanol–water partition coefficient (Wildman–Crippen LogP) is 4.62. The van der Waals surface area contributed by atoms with Gasteiger partial charge in [-0.15, -0.1) is 11.3 Å². The molecule has 0 atom stereocenters. The molecule has 166 valence electrons. The summed E-state index contributed by atoms with van der Waals surface area (Å²) >= 11 is 10.9. The number of amides is 2. The predicted molar refractivity (Wildman–Crippen MR) is 129 cm³/mol. The fraction of sp³-hybridized carbons (Fsp3) is 0.238. The molecular weight excluding hydrogens is 520 g/mol. The topological polar surface area (TPSA) is 95.8 Å². The third kappa shape index (κ3) is 4.93. The Kier molecular flexibility index (Phi) is 6.75. The summed E-state index contributed by atoms with van der Waals surface area (Å²) in [4.78, 5) is 39.9. The van der Waals surface area contributed by atoms with Gasteiger partial charge in [-0.1, -0.05) is 27.5 Å². The van der Waals surface area contributed by atoms with Gasteiger partial charge in [0.1, 0.15) is 4.88 Å². The fourth-order valence-electron chi connectivity index (χ4n) is 3.49. The van der Waals surface area contributed by atoms with E-state index in [1.165, 1.54) is 12.1 Å². The maximum atomic E-state index is 13.0. The van der Waals surface area contributed by atoms with Crippen LogP contribution >= 0.6 is 38.9 Å². The molecule has 1 saturated heterocycles. The van der Waals surface area contributed by atoms with Crippen LogP contribution in [0.5, 0.6) is 0 Å². The van der Waals surface area contributed by atoms with Crippen LogP contribution in [-0.2, 0) is 4.79 Å². The Balaban J connectivity index is 1.36. The summed E-state index contributed by atoms with van der Waals surface area (Å²) < 4.78 is 1.55. The van der Waals surface area contributed by atoms with Crippen molar-refractivity contribution in [3.63, 3.8) is 0 Å². The number of carbonyl (C=O) groups excluding carboxylic acids is 2. The molecule has 8 nitrogen and oxygen atoms in total. The van der Waals surface area contributed by atoms with E-state index in [0.717, 1.165) is 21.5 Å². The summed E-state index contributed by atoms with van der Waals surface area (Å²) in [7, 11) is 0. The second kappa shape index (κ2) is 9.53. The number of nitrogens with zero attached hydrogens (tertiary/aromatic N) is 3. The van der Waals surface area contributed by atoms with Crippen molar-refractivity contribution in [1.82, 2.24) is 9.80 Å². The third-order valence-electron chi connectivity index (χ3n) is 5.17. The molecule has 0 unspecified atom stereocenters. The number of hydrogen-bond donors (Lipinski definition) is 1. The number of fused-ring (bicyclic) bond motifs is 1. The highest BCUT2D eigenvalue weighted by Crippen LogP contribution is 2.38. The van der Waals surface area contributed by atoms with Gasteiger partial charge >= 0.3 is 0 Å². The zero-order valence-corrected chi connectivity index (χ0v) is 19.9. The average Bonchev–Trinajstić information content (AvgIpc) is 3.11. The highest BCUT2D eigenvalue weighted by molar-refractivity contribution is 9.10. The Labute approximate surface area is 201 Å². The molecule has 0 aliphatic carbocycles. The van der Waals surface area contributed by atoms with E-state index in [9.17, 15) is 19.7 Å². The second-order valence-corrected chi connectivity index (χ2v) is 9.65. The molecule has 1 aliphatic heterocycles. The zero-order chi connectivity index (χ0) is 22.8. The number of nitro benzene ring substituents is 1. The monoisotopic (exact) mass is 536 g/mol. The molecule has 1 fully saturated rings. The van der Waals surface area contributed by atoms with Crippen molar-refractivity contribution < 1.29 is 14.5 Å². The molecule has 0 saturated carbocycles. The van der Waals surface area contributed by atoms with Crippen LogP contribution in [0.25, 0.3) is 10.1 Å². The van der Waals surface area contributed by atoms with E-state index in [4.69, 9.17) is 11.6 Å². The van der Waals surface area contributed by atoms with Crippen LogP contribution in [0.2, 0.25) is 5.02 Å². The largest absolute Gasteiger partial charge is 0.335 e.